The number of hydrogen-bond donors (Lipinski definition) is 0. The van der Waals surface area contributed by atoms with Gasteiger partial charge in [-0.15, -0.1) is 0 Å². The molecule has 188 valence electrons. The minimum Gasteiger partial charge on any atom is -0.494 e. The van der Waals surface area contributed by atoms with Gasteiger partial charge >= 0.3 is 0 Å². The normalized spacial score (nSPS) is 19.1. The van der Waals surface area contributed by atoms with E-state index in [9.17, 15) is 0 Å². The van der Waals surface area contributed by atoms with E-state index in [1.54, 1.807) is 0 Å². The zero-order valence-corrected chi connectivity index (χ0v) is 22.1. The van der Waals surface area contributed by atoms with Crippen molar-refractivity contribution >= 4 is 0 Å². The largest absolute Gasteiger partial charge is 0.494 e. The predicted octanol–water partition coefficient (Wildman–Crippen LogP) is 9.06. The molecule has 0 unspecified atom stereocenters. The van der Waals surface area contributed by atoms with E-state index in [-0.39, 0.29) is 0 Å². The summed E-state index contributed by atoms with van der Waals surface area (Å²) >= 11 is 0. The van der Waals surface area contributed by atoms with E-state index in [1.807, 2.05) is 12.4 Å². The third-order valence-electron chi connectivity index (χ3n) is 7.88. The first-order valence-corrected chi connectivity index (χ1v) is 14.2. The molecule has 34 heavy (non-hydrogen) atoms. The van der Waals surface area contributed by atoms with Crippen molar-refractivity contribution in [3.8, 4) is 17.1 Å². The molecule has 1 atom stereocenters. The lowest BCUT2D eigenvalue weighted by atomic mass is 9.78. The molecule has 1 heterocycles. The van der Waals surface area contributed by atoms with Crippen LogP contribution >= 0.6 is 0 Å². The number of nitrogens with zero attached hydrogens (tertiary/aromatic N) is 2. The monoisotopic (exact) mass is 464 g/mol. The van der Waals surface area contributed by atoms with Gasteiger partial charge in [-0.1, -0.05) is 85.0 Å². The first-order chi connectivity index (χ1) is 16.7. The topological polar surface area (TPSA) is 35.0 Å². The van der Waals surface area contributed by atoms with Crippen LogP contribution in [-0.4, -0.2) is 16.6 Å². The summed E-state index contributed by atoms with van der Waals surface area (Å²) in [5, 5.41) is 0. The second-order valence-corrected chi connectivity index (χ2v) is 10.7. The van der Waals surface area contributed by atoms with Gasteiger partial charge in [0.15, 0.2) is 5.82 Å². The van der Waals surface area contributed by atoms with Crippen LogP contribution in [0.4, 0.5) is 0 Å². The van der Waals surface area contributed by atoms with E-state index in [4.69, 9.17) is 4.74 Å². The van der Waals surface area contributed by atoms with Crippen molar-refractivity contribution in [2.24, 2.45) is 17.8 Å². The van der Waals surface area contributed by atoms with Gasteiger partial charge in [-0.05, 0) is 73.3 Å². The van der Waals surface area contributed by atoms with E-state index < -0.39 is 0 Å². The average molecular weight is 465 g/mol. The lowest BCUT2D eigenvalue weighted by Gasteiger charge is -2.28. The number of aryl methyl sites for hydroxylation is 1. The number of hydrogen-bond acceptors (Lipinski definition) is 3. The van der Waals surface area contributed by atoms with Crippen LogP contribution in [0.25, 0.3) is 11.4 Å². The summed E-state index contributed by atoms with van der Waals surface area (Å²) in [6.07, 6.45) is 22.7. The molecule has 1 fully saturated rings. The van der Waals surface area contributed by atoms with E-state index in [2.05, 4.69) is 55.0 Å². The fourth-order valence-corrected chi connectivity index (χ4v) is 5.25. The van der Waals surface area contributed by atoms with Gasteiger partial charge in [-0.3, -0.25) is 0 Å². The maximum Gasteiger partial charge on any atom is 0.159 e. The van der Waals surface area contributed by atoms with E-state index in [1.165, 1.54) is 82.6 Å². The highest BCUT2D eigenvalue weighted by Crippen LogP contribution is 2.34. The highest BCUT2D eigenvalue weighted by Gasteiger charge is 2.20. The Labute approximate surface area is 209 Å². The molecule has 0 N–H and O–H groups in total. The Morgan fingerprint density at radius 1 is 0.853 bits per heavy atom. The van der Waals surface area contributed by atoms with Crippen LogP contribution in [0.5, 0.6) is 5.75 Å². The third kappa shape index (κ3) is 9.39. The zero-order valence-electron chi connectivity index (χ0n) is 22.1. The smallest absolute Gasteiger partial charge is 0.159 e. The maximum atomic E-state index is 6.03. The van der Waals surface area contributed by atoms with Crippen LogP contribution in [-0.2, 0) is 6.42 Å². The Hall–Kier alpha value is -1.90. The van der Waals surface area contributed by atoms with Crippen LogP contribution in [0.3, 0.4) is 0 Å². The lowest BCUT2D eigenvalue weighted by Crippen LogP contribution is -2.15. The number of unbranched alkanes of at least 4 members (excludes halogenated alkanes) is 2. The first-order valence-electron chi connectivity index (χ1n) is 14.2. The highest BCUT2D eigenvalue weighted by molar-refractivity contribution is 5.55. The summed E-state index contributed by atoms with van der Waals surface area (Å²) in [7, 11) is 0. The Bertz CT molecular complexity index is 778. The molecule has 1 aromatic heterocycles. The molecule has 2 aromatic rings. The molecular weight excluding hydrogens is 416 g/mol. The second kappa shape index (κ2) is 15.2. The molecule has 1 aliphatic rings. The Kier molecular flexibility index (Phi) is 11.9. The predicted molar refractivity (Wildman–Crippen MR) is 144 cm³/mol. The molecule has 0 amide bonds. The molecule has 1 aliphatic carbocycles. The van der Waals surface area contributed by atoms with E-state index >= 15 is 0 Å². The molecule has 1 saturated carbocycles. The van der Waals surface area contributed by atoms with E-state index in [0.717, 1.165) is 54.3 Å². The number of ether oxygens (including phenoxy) is 1. The van der Waals surface area contributed by atoms with Gasteiger partial charge < -0.3 is 4.74 Å². The summed E-state index contributed by atoms with van der Waals surface area (Å²) in [4.78, 5) is 9.20. The summed E-state index contributed by atoms with van der Waals surface area (Å²) in [5.74, 6) is 4.48. The van der Waals surface area contributed by atoms with Gasteiger partial charge in [0.25, 0.3) is 0 Å². The van der Waals surface area contributed by atoms with Crippen molar-refractivity contribution in [3.63, 3.8) is 0 Å². The summed E-state index contributed by atoms with van der Waals surface area (Å²) < 4.78 is 6.03. The number of rotatable bonds is 15. The molecule has 0 saturated heterocycles. The van der Waals surface area contributed by atoms with Crippen LogP contribution < -0.4 is 4.74 Å². The van der Waals surface area contributed by atoms with Gasteiger partial charge in [0.05, 0.1) is 6.61 Å². The Morgan fingerprint density at radius 2 is 1.50 bits per heavy atom. The summed E-state index contributed by atoms with van der Waals surface area (Å²) in [6.45, 7) is 7.71. The van der Waals surface area contributed by atoms with Crippen molar-refractivity contribution in [2.45, 2.75) is 111 Å². The molecular formula is C31H48N2O. The molecule has 3 heteroatoms. The Balaban J connectivity index is 1.32. The van der Waals surface area contributed by atoms with Crippen molar-refractivity contribution in [2.75, 3.05) is 6.61 Å². The molecule has 0 bridgehead atoms. The van der Waals surface area contributed by atoms with Gasteiger partial charge in [-0.25, -0.2) is 9.97 Å². The minimum atomic E-state index is 0.794. The van der Waals surface area contributed by atoms with Gasteiger partial charge in [0.1, 0.15) is 5.75 Å². The highest BCUT2D eigenvalue weighted by atomic mass is 16.5. The molecule has 0 aliphatic heterocycles. The molecule has 3 nitrogen and oxygen atoms in total. The van der Waals surface area contributed by atoms with Crippen molar-refractivity contribution in [3.05, 3.63) is 42.2 Å². The zero-order chi connectivity index (χ0) is 24.0. The second-order valence-electron chi connectivity index (χ2n) is 10.7. The van der Waals surface area contributed by atoms with Gasteiger partial charge in [-0.2, -0.15) is 0 Å². The molecule has 0 spiro atoms. The van der Waals surface area contributed by atoms with Crippen LogP contribution in [0, 0.1) is 17.8 Å². The SMILES string of the molecule is CCCCC[C@H]1CC[C@H](CCCOc2ccc(-c3ncc(CCC[C@@H](C)CC)cn3)cc2)CC1. The third-order valence-corrected chi connectivity index (χ3v) is 7.88. The fraction of sp³-hybridized carbons (Fsp3) is 0.677. The number of benzene rings is 1. The molecule has 1 aromatic carbocycles. The molecule has 0 radical (unpaired) electrons. The Morgan fingerprint density at radius 3 is 2.12 bits per heavy atom. The molecule has 3 rings (SSSR count). The van der Waals surface area contributed by atoms with Crippen LogP contribution in [0.1, 0.15) is 110 Å². The van der Waals surface area contributed by atoms with Crippen LogP contribution in [0.15, 0.2) is 36.7 Å². The fourth-order valence-electron chi connectivity index (χ4n) is 5.25. The lowest BCUT2D eigenvalue weighted by molar-refractivity contribution is 0.228. The van der Waals surface area contributed by atoms with Crippen LogP contribution in [0.2, 0.25) is 0 Å². The summed E-state index contributed by atoms with van der Waals surface area (Å²) in [6, 6.07) is 8.26. The van der Waals surface area contributed by atoms with Gasteiger partial charge in [0, 0.05) is 18.0 Å². The minimum absolute atomic E-state index is 0.794. The standard InChI is InChI=1S/C31H48N2O/c1-4-6-7-11-26-14-16-27(17-15-26)13-9-22-34-30-20-18-29(19-21-30)31-32-23-28(24-33-31)12-8-10-25(3)5-2/h18-21,23-27H,4-17,22H2,1-3H3/t25-,26-,27-/m0/s1. The van der Waals surface area contributed by atoms with Gasteiger partial charge in [0.2, 0.25) is 0 Å². The van der Waals surface area contributed by atoms with Crippen molar-refractivity contribution in [1.82, 2.24) is 9.97 Å². The number of aromatic nitrogens is 2. The first kappa shape index (κ1) is 26.7. The quantitative estimate of drug-likeness (QED) is 0.247. The average Bonchev–Trinajstić information content (AvgIpc) is 2.88. The van der Waals surface area contributed by atoms with Crippen molar-refractivity contribution < 1.29 is 4.74 Å². The van der Waals surface area contributed by atoms with Crippen molar-refractivity contribution in [1.29, 1.82) is 0 Å². The summed E-state index contributed by atoms with van der Waals surface area (Å²) in [5.41, 5.74) is 2.28. The maximum absolute atomic E-state index is 6.03. The van der Waals surface area contributed by atoms with E-state index in [0.29, 0.717) is 0 Å².